The van der Waals surface area contributed by atoms with Gasteiger partial charge in [0.05, 0.1) is 22.7 Å². The van der Waals surface area contributed by atoms with Crippen LogP contribution in [0, 0.1) is 6.92 Å². The fraction of sp³-hybridized carbons (Fsp3) is 0.107. The maximum Gasteiger partial charge on any atom is 0.264 e. The molecule has 0 fully saturated rings. The van der Waals surface area contributed by atoms with Crippen LogP contribution in [-0.2, 0) is 23.1 Å². The van der Waals surface area contributed by atoms with Gasteiger partial charge in [0.25, 0.3) is 15.9 Å². The molecular weight excluding hydrogens is 480 g/mol. The number of sulfonamides is 1. The fourth-order valence-electron chi connectivity index (χ4n) is 3.68. The summed E-state index contributed by atoms with van der Waals surface area (Å²) in [5.41, 5.74) is 3.08. The van der Waals surface area contributed by atoms with Crippen molar-refractivity contribution in [3.8, 4) is 0 Å². The molecule has 178 valence electrons. The molecule has 0 radical (unpaired) electrons. The van der Waals surface area contributed by atoms with Gasteiger partial charge in [-0.3, -0.25) is 9.10 Å². The largest absolute Gasteiger partial charge is 0.348 e. The SMILES string of the molecule is Cc1ccc(S(=O)(=O)N(Cc2ccccc2)c2ccccc2C(=O)NCc2ccccc2Cl)cc1. The van der Waals surface area contributed by atoms with Crippen LogP contribution in [0.2, 0.25) is 5.02 Å². The minimum Gasteiger partial charge on any atom is -0.348 e. The molecule has 5 nitrogen and oxygen atoms in total. The number of amides is 1. The van der Waals surface area contributed by atoms with Crippen molar-refractivity contribution >= 4 is 33.2 Å². The molecule has 1 N–H and O–H groups in total. The molecule has 0 aliphatic heterocycles. The van der Waals surface area contributed by atoms with Gasteiger partial charge in [-0.1, -0.05) is 90.0 Å². The lowest BCUT2D eigenvalue weighted by molar-refractivity contribution is 0.0951. The van der Waals surface area contributed by atoms with E-state index in [1.165, 1.54) is 4.31 Å². The Balaban J connectivity index is 1.73. The highest BCUT2D eigenvalue weighted by atomic mass is 35.5. The van der Waals surface area contributed by atoms with Crippen LogP contribution in [0.25, 0.3) is 0 Å². The van der Waals surface area contributed by atoms with E-state index in [9.17, 15) is 13.2 Å². The first-order valence-corrected chi connectivity index (χ1v) is 12.9. The van der Waals surface area contributed by atoms with E-state index in [0.29, 0.717) is 10.7 Å². The lowest BCUT2D eigenvalue weighted by atomic mass is 10.1. The first-order valence-electron chi connectivity index (χ1n) is 11.1. The molecule has 0 atom stereocenters. The molecule has 4 rings (SSSR count). The van der Waals surface area contributed by atoms with Gasteiger partial charge in [0.2, 0.25) is 0 Å². The highest BCUT2D eigenvalue weighted by Gasteiger charge is 2.28. The van der Waals surface area contributed by atoms with E-state index in [4.69, 9.17) is 11.6 Å². The molecule has 4 aromatic rings. The Hall–Kier alpha value is -3.61. The Morgan fingerprint density at radius 3 is 2.17 bits per heavy atom. The Kier molecular flexibility index (Phi) is 7.54. The van der Waals surface area contributed by atoms with E-state index in [1.54, 1.807) is 54.6 Å². The molecule has 0 aliphatic rings. The number of aryl methyl sites for hydroxylation is 1. The van der Waals surface area contributed by atoms with Crippen molar-refractivity contribution < 1.29 is 13.2 Å². The zero-order chi connectivity index (χ0) is 24.8. The number of hydrogen-bond donors (Lipinski definition) is 1. The maximum atomic E-state index is 13.8. The monoisotopic (exact) mass is 504 g/mol. The summed E-state index contributed by atoms with van der Waals surface area (Å²) in [7, 11) is -3.97. The lowest BCUT2D eigenvalue weighted by Gasteiger charge is -2.26. The van der Waals surface area contributed by atoms with Crippen LogP contribution in [-0.4, -0.2) is 14.3 Å². The average Bonchev–Trinajstić information content (AvgIpc) is 2.87. The Bertz CT molecular complexity index is 1420. The van der Waals surface area contributed by atoms with Crippen molar-refractivity contribution in [2.45, 2.75) is 24.9 Å². The van der Waals surface area contributed by atoms with Crippen molar-refractivity contribution in [3.05, 3.63) is 130 Å². The summed E-state index contributed by atoms with van der Waals surface area (Å²) >= 11 is 6.23. The number of anilines is 1. The van der Waals surface area contributed by atoms with Crippen LogP contribution in [0.5, 0.6) is 0 Å². The van der Waals surface area contributed by atoms with E-state index in [-0.39, 0.29) is 23.5 Å². The third-order valence-electron chi connectivity index (χ3n) is 5.59. The van der Waals surface area contributed by atoms with Crippen LogP contribution in [0.4, 0.5) is 5.69 Å². The average molecular weight is 505 g/mol. The fourth-order valence-corrected chi connectivity index (χ4v) is 5.36. The van der Waals surface area contributed by atoms with Gasteiger partial charge < -0.3 is 5.32 Å². The summed E-state index contributed by atoms with van der Waals surface area (Å²) in [5, 5.41) is 3.42. The van der Waals surface area contributed by atoms with Crippen molar-refractivity contribution in [2.75, 3.05) is 4.31 Å². The number of para-hydroxylation sites is 1. The van der Waals surface area contributed by atoms with E-state index in [0.717, 1.165) is 16.7 Å². The standard InChI is InChI=1S/C28H25ClN2O3S/c1-21-15-17-24(18-16-21)35(33,34)31(20-22-9-3-2-4-10-22)27-14-8-6-12-25(27)28(32)30-19-23-11-5-7-13-26(23)29/h2-18H,19-20H2,1H3,(H,30,32). The van der Waals surface area contributed by atoms with Crippen molar-refractivity contribution in [2.24, 2.45) is 0 Å². The Morgan fingerprint density at radius 1 is 0.829 bits per heavy atom. The molecule has 0 unspecified atom stereocenters. The van der Waals surface area contributed by atoms with Gasteiger partial charge in [-0.15, -0.1) is 0 Å². The molecule has 1 amide bonds. The molecular formula is C28H25ClN2O3S. The zero-order valence-electron chi connectivity index (χ0n) is 19.2. The van der Waals surface area contributed by atoms with Gasteiger partial charge in [-0.25, -0.2) is 8.42 Å². The Morgan fingerprint density at radius 2 is 1.46 bits per heavy atom. The molecule has 0 saturated carbocycles. The summed E-state index contributed by atoms with van der Waals surface area (Å²) in [5.74, 6) is -0.391. The Labute approximate surface area is 211 Å². The summed E-state index contributed by atoms with van der Waals surface area (Å²) < 4.78 is 28.9. The first kappa shape index (κ1) is 24.5. The second kappa shape index (κ2) is 10.8. The molecule has 0 aliphatic carbocycles. The molecule has 0 aromatic heterocycles. The number of nitrogens with one attached hydrogen (secondary N) is 1. The quantitative estimate of drug-likeness (QED) is 0.321. The second-order valence-corrected chi connectivity index (χ2v) is 10.4. The summed E-state index contributed by atoms with van der Waals surface area (Å²) in [6.45, 7) is 2.19. The van der Waals surface area contributed by atoms with Gasteiger partial charge in [0.15, 0.2) is 0 Å². The number of hydrogen-bond acceptors (Lipinski definition) is 3. The number of benzene rings is 4. The molecule has 35 heavy (non-hydrogen) atoms. The number of carbonyl (C=O) groups is 1. The van der Waals surface area contributed by atoms with E-state index in [2.05, 4.69) is 5.32 Å². The lowest BCUT2D eigenvalue weighted by Crippen LogP contribution is -2.33. The molecule has 0 heterocycles. The predicted octanol–water partition coefficient (Wildman–Crippen LogP) is 5.97. The number of nitrogens with zero attached hydrogens (tertiary/aromatic N) is 1. The van der Waals surface area contributed by atoms with Crippen LogP contribution < -0.4 is 9.62 Å². The van der Waals surface area contributed by atoms with Crippen molar-refractivity contribution in [3.63, 3.8) is 0 Å². The zero-order valence-corrected chi connectivity index (χ0v) is 20.8. The predicted molar refractivity (Wildman–Crippen MR) is 140 cm³/mol. The van der Waals surface area contributed by atoms with Gasteiger partial charge >= 0.3 is 0 Å². The number of halogens is 1. The molecule has 4 aromatic carbocycles. The van der Waals surface area contributed by atoms with Gasteiger partial charge in [-0.2, -0.15) is 0 Å². The third kappa shape index (κ3) is 5.73. The second-order valence-electron chi connectivity index (χ2n) is 8.10. The van der Waals surface area contributed by atoms with E-state index >= 15 is 0 Å². The van der Waals surface area contributed by atoms with Gasteiger partial charge in [-0.05, 0) is 48.4 Å². The van der Waals surface area contributed by atoms with Crippen molar-refractivity contribution in [1.82, 2.24) is 5.32 Å². The minimum absolute atomic E-state index is 0.0753. The number of rotatable bonds is 8. The molecule has 7 heteroatoms. The topological polar surface area (TPSA) is 66.5 Å². The number of carbonyl (C=O) groups excluding carboxylic acids is 1. The minimum atomic E-state index is -3.97. The highest BCUT2D eigenvalue weighted by Crippen LogP contribution is 2.29. The van der Waals surface area contributed by atoms with Gasteiger partial charge in [0, 0.05) is 11.6 Å². The normalized spacial score (nSPS) is 11.1. The molecule has 0 spiro atoms. The van der Waals surface area contributed by atoms with Gasteiger partial charge in [0.1, 0.15) is 0 Å². The molecule has 0 bridgehead atoms. The highest BCUT2D eigenvalue weighted by molar-refractivity contribution is 7.92. The van der Waals surface area contributed by atoms with E-state index in [1.807, 2.05) is 55.5 Å². The molecule has 0 saturated heterocycles. The first-order chi connectivity index (χ1) is 16.9. The maximum absolute atomic E-state index is 13.8. The van der Waals surface area contributed by atoms with E-state index < -0.39 is 15.9 Å². The van der Waals surface area contributed by atoms with Crippen LogP contribution in [0.3, 0.4) is 0 Å². The van der Waals surface area contributed by atoms with Crippen LogP contribution in [0.15, 0.2) is 108 Å². The van der Waals surface area contributed by atoms with Crippen molar-refractivity contribution in [1.29, 1.82) is 0 Å². The third-order valence-corrected chi connectivity index (χ3v) is 7.74. The summed E-state index contributed by atoms with van der Waals surface area (Å²) in [4.78, 5) is 13.4. The summed E-state index contributed by atoms with van der Waals surface area (Å²) in [6, 6.07) is 30.0. The van der Waals surface area contributed by atoms with Crippen LogP contribution >= 0.6 is 11.6 Å². The smallest absolute Gasteiger partial charge is 0.264 e. The summed E-state index contributed by atoms with van der Waals surface area (Å²) in [6.07, 6.45) is 0. The van der Waals surface area contributed by atoms with Crippen LogP contribution in [0.1, 0.15) is 27.0 Å².